The van der Waals surface area contributed by atoms with E-state index in [9.17, 15) is 24.2 Å². The number of aromatic carboxylic acids is 1. The Labute approximate surface area is 189 Å². The molecule has 2 heterocycles. The van der Waals surface area contributed by atoms with E-state index in [1.807, 2.05) is 35.2 Å². The van der Waals surface area contributed by atoms with E-state index in [1.54, 1.807) is 0 Å². The first-order chi connectivity index (χ1) is 15.9. The van der Waals surface area contributed by atoms with Crippen LogP contribution in [0.2, 0.25) is 0 Å². The lowest BCUT2D eigenvalue weighted by atomic mass is 9.96. The third-order valence-electron chi connectivity index (χ3n) is 5.73. The molecule has 8 nitrogen and oxygen atoms in total. The van der Waals surface area contributed by atoms with Crippen molar-refractivity contribution in [3.63, 3.8) is 0 Å². The van der Waals surface area contributed by atoms with Gasteiger partial charge in [-0.15, -0.1) is 0 Å². The number of benzene rings is 2. The van der Waals surface area contributed by atoms with Gasteiger partial charge in [0, 0.05) is 42.7 Å². The molecule has 1 fully saturated rings. The number of aliphatic hydroxyl groups excluding tert-OH is 2. The number of nitrogens with zero attached hydrogens (tertiary/aromatic N) is 3. The summed E-state index contributed by atoms with van der Waals surface area (Å²) in [5.41, 5.74) is 1.93. The van der Waals surface area contributed by atoms with Gasteiger partial charge in [0.05, 0.1) is 36.0 Å². The summed E-state index contributed by atoms with van der Waals surface area (Å²) in [5, 5.41) is 29.0. The molecule has 1 saturated heterocycles. The van der Waals surface area contributed by atoms with Crippen molar-refractivity contribution < 1.29 is 29.3 Å². The topological polar surface area (TPSA) is 114 Å². The van der Waals surface area contributed by atoms with Crippen LogP contribution >= 0.6 is 0 Å². The Balaban J connectivity index is 1.75. The number of amides is 1. The number of aliphatic hydroxyl groups is 2. The average Bonchev–Trinajstić information content (AvgIpc) is 2.80. The normalized spacial score (nSPS) is 15.7. The summed E-state index contributed by atoms with van der Waals surface area (Å²) in [6, 6.07) is 13.0. The number of hydrogen-bond acceptors (Lipinski definition) is 6. The minimum atomic E-state index is -1.20. The first-order valence-electron chi connectivity index (χ1n) is 10.6. The Hall–Kier alpha value is -3.40. The molecular formula is C24H24FN3O5. The number of carbonyl (C=O) groups is 2. The highest BCUT2D eigenvalue weighted by Crippen LogP contribution is 2.32. The summed E-state index contributed by atoms with van der Waals surface area (Å²) in [4.78, 5) is 32.9. The van der Waals surface area contributed by atoms with Gasteiger partial charge < -0.3 is 20.2 Å². The molecule has 3 N–H and O–H groups in total. The molecule has 0 saturated carbocycles. The summed E-state index contributed by atoms with van der Waals surface area (Å²) < 4.78 is 14.0. The zero-order valence-electron chi connectivity index (χ0n) is 17.8. The summed E-state index contributed by atoms with van der Waals surface area (Å²) in [6.45, 7) is 0.526. The van der Waals surface area contributed by atoms with Gasteiger partial charge in [0.25, 0.3) is 0 Å². The molecular weight excluding hydrogens is 429 g/mol. The number of carboxylic acids is 1. The van der Waals surface area contributed by atoms with Crippen molar-refractivity contribution in [2.45, 2.75) is 12.6 Å². The van der Waals surface area contributed by atoms with Crippen molar-refractivity contribution in [3.05, 3.63) is 65.5 Å². The van der Waals surface area contributed by atoms with Crippen LogP contribution in [0.15, 0.2) is 48.5 Å². The number of aromatic nitrogens is 1. The quantitative estimate of drug-likeness (QED) is 0.499. The Morgan fingerprint density at radius 3 is 2.58 bits per heavy atom. The van der Waals surface area contributed by atoms with E-state index < -0.39 is 24.5 Å². The summed E-state index contributed by atoms with van der Waals surface area (Å²) in [7, 11) is 0. The molecule has 0 spiro atoms. The average molecular weight is 453 g/mol. The molecule has 1 atom stereocenters. The van der Waals surface area contributed by atoms with Crippen LogP contribution in [0.25, 0.3) is 22.2 Å². The van der Waals surface area contributed by atoms with E-state index in [1.165, 1.54) is 23.1 Å². The number of carboxylic acid groups (broad SMARTS) is 1. The molecule has 0 bridgehead atoms. The maximum Gasteiger partial charge on any atom is 0.336 e. The molecule has 1 aromatic heterocycles. The Morgan fingerprint density at radius 1 is 1.15 bits per heavy atom. The Morgan fingerprint density at radius 2 is 1.91 bits per heavy atom. The predicted octanol–water partition coefficient (Wildman–Crippen LogP) is 1.74. The van der Waals surface area contributed by atoms with E-state index in [2.05, 4.69) is 4.98 Å². The van der Waals surface area contributed by atoms with Crippen LogP contribution in [0.3, 0.4) is 0 Å². The van der Waals surface area contributed by atoms with Gasteiger partial charge in [-0.05, 0) is 18.2 Å². The fourth-order valence-electron chi connectivity index (χ4n) is 4.13. The highest BCUT2D eigenvalue weighted by Gasteiger charge is 2.29. The number of carbonyl (C=O) groups excluding carboxylic acids is 1. The van der Waals surface area contributed by atoms with Gasteiger partial charge in [0.15, 0.2) is 0 Å². The molecule has 1 aliphatic heterocycles. The summed E-state index contributed by atoms with van der Waals surface area (Å²) in [5.74, 6) is -1.99. The van der Waals surface area contributed by atoms with E-state index >= 15 is 0 Å². The lowest BCUT2D eigenvalue weighted by molar-refractivity contribution is -0.138. The highest BCUT2D eigenvalue weighted by molar-refractivity contribution is 6.05. The molecule has 9 heteroatoms. The number of β-amino-alcohol motifs (C(OH)–C–C–N with tert-alkyl or cyclic N) is 1. The Kier molecular flexibility index (Phi) is 6.64. The molecule has 0 radical (unpaired) electrons. The van der Waals surface area contributed by atoms with Crippen LogP contribution in [0.1, 0.15) is 15.9 Å². The number of fused-ring (bicyclic) bond motifs is 1. The first-order valence-corrected chi connectivity index (χ1v) is 10.6. The molecule has 172 valence electrons. The number of halogens is 1. The van der Waals surface area contributed by atoms with Crippen LogP contribution in [0.5, 0.6) is 0 Å². The molecule has 0 aliphatic carbocycles. The minimum absolute atomic E-state index is 0.0205. The van der Waals surface area contributed by atoms with Gasteiger partial charge in [-0.25, -0.2) is 14.2 Å². The molecule has 0 unspecified atom stereocenters. The number of hydrogen-bond donors (Lipinski definition) is 3. The van der Waals surface area contributed by atoms with E-state index in [0.29, 0.717) is 29.9 Å². The molecule has 1 aliphatic rings. The van der Waals surface area contributed by atoms with Crippen LogP contribution < -0.4 is 0 Å². The van der Waals surface area contributed by atoms with Gasteiger partial charge >= 0.3 is 5.97 Å². The predicted molar refractivity (Wildman–Crippen MR) is 119 cm³/mol. The smallest absolute Gasteiger partial charge is 0.336 e. The van der Waals surface area contributed by atoms with Crippen molar-refractivity contribution in [2.75, 3.05) is 32.8 Å². The molecule has 2 aromatic carbocycles. The van der Waals surface area contributed by atoms with Gasteiger partial charge in [0.2, 0.25) is 5.91 Å². The first kappa shape index (κ1) is 22.8. The minimum Gasteiger partial charge on any atom is -0.478 e. The largest absolute Gasteiger partial charge is 0.478 e. The van der Waals surface area contributed by atoms with Gasteiger partial charge in [0.1, 0.15) is 5.82 Å². The van der Waals surface area contributed by atoms with Crippen molar-refractivity contribution >= 4 is 22.8 Å². The number of rotatable bonds is 7. The van der Waals surface area contributed by atoms with E-state index in [4.69, 9.17) is 5.11 Å². The monoisotopic (exact) mass is 453 g/mol. The van der Waals surface area contributed by atoms with E-state index in [-0.39, 0.29) is 36.5 Å². The van der Waals surface area contributed by atoms with Crippen molar-refractivity contribution in [1.29, 1.82) is 0 Å². The Bertz CT molecular complexity index is 1190. The fourth-order valence-corrected chi connectivity index (χ4v) is 4.13. The van der Waals surface area contributed by atoms with Gasteiger partial charge in [-0.2, -0.15) is 0 Å². The second-order valence-electron chi connectivity index (χ2n) is 8.03. The summed E-state index contributed by atoms with van der Waals surface area (Å²) >= 11 is 0. The maximum atomic E-state index is 14.0. The number of pyridine rings is 1. The number of piperazine rings is 1. The van der Waals surface area contributed by atoms with Crippen molar-refractivity contribution in [1.82, 2.24) is 14.8 Å². The van der Waals surface area contributed by atoms with Crippen LogP contribution in [-0.2, 0) is 11.3 Å². The van der Waals surface area contributed by atoms with Gasteiger partial charge in [-0.3, -0.25) is 9.69 Å². The zero-order valence-corrected chi connectivity index (χ0v) is 17.8. The maximum absolute atomic E-state index is 14.0. The van der Waals surface area contributed by atoms with Crippen molar-refractivity contribution in [3.8, 4) is 11.3 Å². The third kappa shape index (κ3) is 4.85. The second kappa shape index (κ2) is 9.62. The molecule has 1 amide bonds. The van der Waals surface area contributed by atoms with E-state index in [0.717, 1.165) is 5.56 Å². The highest BCUT2D eigenvalue weighted by atomic mass is 19.1. The van der Waals surface area contributed by atoms with Crippen LogP contribution in [0, 0.1) is 5.82 Å². The van der Waals surface area contributed by atoms with Crippen LogP contribution in [-0.4, -0.2) is 80.9 Å². The zero-order chi connectivity index (χ0) is 23.5. The third-order valence-corrected chi connectivity index (χ3v) is 5.73. The molecule has 4 rings (SSSR count). The standard InChI is InChI=1S/C24H24FN3O5/c25-16-6-7-20-18(10-16)22(24(32)33)19(23(26-20)15-4-2-1-3-5-15)12-27-8-9-28(21(31)13-27)11-17(30)14-29/h1-7,10,17,29-30H,8-9,11-14H2,(H,32,33)/t17-/m1/s1. The molecule has 33 heavy (non-hydrogen) atoms. The summed E-state index contributed by atoms with van der Waals surface area (Å²) in [6.07, 6.45) is -1.01. The fraction of sp³-hybridized carbons (Fsp3) is 0.292. The van der Waals surface area contributed by atoms with Crippen molar-refractivity contribution in [2.24, 2.45) is 0 Å². The lowest BCUT2D eigenvalue weighted by Gasteiger charge is -2.35. The lowest BCUT2D eigenvalue weighted by Crippen LogP contribution is -2.52. The second-order valence-corrected chi connectivity index (χ2v) is 8.03. The van der Waals surface area contributed by atoms with Gasteiger partial charge in [-0.1, -0.05) is 30.3 Å². The molecule has 3 aromatic rings. The SMILES string of the molecule is O=C(O)c1c(CN2CCN(C[C@@H](O)CO)C(=O)C2)c(-c2ccccc2)nc2ccc(F)cc12. The van der Waals surface area contributed by atoms with Crippen LogP contribution in [0.4, 0.5) is 4.39 Å².